The van der Waals surface area contributed by atoms with Gasteiger partial charge in [-0.15, -0.1) is 13.2 Å². The van der Waals surface area contributed by atoms with Gasteiger partial charge in [-0.2, -0.15) is 0 Å². The molecule has 1 aliphatic rings. The summed E-state index contributed by atoms with van der Waals surface area (Å²) >= 11 is 1.82. The maximum absolute atomic E-state index is 6.22. The molecular weight excluding hydrogens is 340 g/mol. The van der Waals surface area contributed by atoms with E-state index in [2.05, 4.69) is 78.4 Å². The van der Waals surface area contributed by atoms with Crippen LogP contribution in [0.1, 0.15) is 6.92 Å². The SMILES string of the molecule is C=CCN(CC=C)CCOC(C)N1c2ccccc2Sc2ccccc21. The summed E-state index contributed by atoms with van der Waals surface area (Å²) in [6.45, 7) is 13.0. The van der Waals surface area contributed by atoms with Gasteiger partial charge in [-0.1, -0.05) is 48.2 Å². The number of para-hydroxylation sites is 2. The van der Waals surface area contributed by atoms with Crippen molar-refractivity contribution in [1.82, 2.24) is 4.90 Å². The summed E-state index contributed by atoms with van der Waals surface area (Å²) in [5.74, 6) is 0. The van der Waals surface area contributed by atoms with Gasteiger partial charge in [0.15, 0.2) is 0 Å². The van der Waals surface area contributed by atoms with Crippen molar-refractivity contribution in [2.24, 2.45) is 0 Å². The van der Waals surface area contributed by atoms with Crippen LogP contribution in [0.2, 0.25) is 0 Å². The van der Waals surface area contributed by atoms with Gasteiger partial charge in [0.05, 0.1) is 18.0 Å². The Morgan fingerprint density at radius 1 is 1.00 bits per heavy atom. The maximum Gasteiger partial charge on any atom is 0.131 e. The van der Waals surface area contributed by atoms with E-state index in [0.717, 1.165) is 19.6 Å². The molecule has 136 valence electrons. The summed E-state index contributed by atoms with van der Waals surface area (Å²) in [6, 6.07) is 17.0. The van der Waals surface area contributed by atoms with Crippen LogP contribution in [-0.4, -0.2) is 37.4 Å². The monoisotopic (exact) mass is 366 g/mol. The lowest BCUT2D eigenvalue weighted by atomic mass is 10.2. The number of hydrogen-bond acceptors (Lipinski definition) is 4. The molecule has 3 nitrogen and oxygen atoms in total. The van der Waals surface area contributed by atoms with E-state index in [1.165, 1.54) is 21.2 Å². The van der Waals surface area contributed by atoms with E-state index in [4.69, 9.17) is 4.74 Å². The largest absolute Gasteiger partial charge is 0.357 e. The summed E-state index contributed by atoms with van der Waals surface area (Å²) in [4.78, 5) is 7.09. The Hall–Kier alpha value is -2.01. The highest BCUT2D eigenvalue weighted by atomic mass is 32.2. The number of nitrogens with zero attached hydrogens (tertiary/aromatic N) is 2. The number of fused-ring (bicyclic) bond motifs is 2. The first-order valence-corrected chi connectivity index (χ1v) is 9.77. The minimum atomic E-state index is -0.0486. The lowest BCUT2D eigenvalue weighted by Crippen LogP contribution is -2.36. The summed E-state index contributed by atoms with van der Waals surface area (Å²) in [5.41, 5.74) is 2.41. The fraction of sp³-hybridized carbons (Fsp3) is 0.273. The molecule has 0 fully saturated rings. The van der Waals surface area contributed by atoms with Crippen molar-refractivity contribution in [3.05, 3.63) is 73.8 Å². The Kier molecular flexibility index (Phi) is 6.56. The van der Waals surface area contributed by atoms with E-state index in [-0.39, 0.29) is 6.23 Å². The molecule has 2 aromatic carbocycles. The van der Waals surface area contributed by atoms with E-state index in [9.17, 15) is 0 Å². The second-order valence-corrected chi connectivity index (χ2v) is 7.30. The average Bonchev–Trinajstić information content (AvgIpc) is 2.66. The van der Waals surface area contributed by atoms with Crippen molar-refractivity contribution >= 4 is 23.1 Å². The fourth-order valence-corrected chi connectivity index (χ4v) is 4.25. The molecule has 26 heavy (non-hydrogen) atoms. The van der Waals surface area contributed by atoms with Crippen LogP contribution >= 0.6 is 11.8 Å². The molecule has 2 aromatic rings. The van der Waals surface area contributed by atoms with Crippen LogP contribution < -0.4 is 4.90 Å². The molecule has 1 unspecified atom stereocenters. The van der Waals surface area contributed by atoms with Crippen LogP contribution in [0.5, 0.6) is 0 Å². The molecule has 0 spiro atoms. The standard InChI is InChI=1S/C22H26N2OS/c1-4-14-23(15-5-2)16-17-25-18(3)24-19-10-6-8-12-21(19)26-22-13-9-7-11-20(22)24/h4-13,18H,1-2,14-17H2,3H3. The summed E-state index contributed by atoms with van der Waals surface area (Å²) in [7, 11) is 0. The Bertz CT molecular complexity index is 706. The van der Waals surface area contributed by atoms with E-state index in [1.54, 1.807) is 0 Å². The zero-order valence-corrected chi connectivity index (χ0v) is 16.1. The lowest BCUT2D eigenvalue weighted by Gasteiger charge is -2.37. The van der Waals surface area contributed by atoms with Crippen LogP contribution in [0.4, 0.5) is 11.4 Å². The highest BCUT2D eigenvalue weighted by Crippen LogP contribution is 2.48. The second-order valence-electron chi connectivity index (χ2n) is 6.21. The van der Waals surface area contributed by atoms with E-state index >= 15 is 0 Å². The third kappa shape index (κ3) is 4.21. The maximum atomic E-state index is 6.22. The van der Waals surface area contributed by atoms with E-state index < -0.39 is 0 Å². The quantitative estimate of drug-likeness (QED) is 0.557. The zero-order valence-electron chi connectivity index (χ0n) is 15.3. The van der Waals surface area contributed by atoms with Crippen molar-refractivity contribution in [2.45, 2.75) is 22.9 Å². The minimum Gasteiger partial charge on any atom is -0.357 e. The van der Waals surface area contributed by atoms with Crippen LogP contribution in [-0.2, 0) is 4.74 Å². The van der Waals surface area contributed by atoms with Gasteiger partial charge >= 0.3 is 0 Å². The normalized spacial score (nSPS) is 13.8. The summed E-state index contributed by atoms with van der Waals surface area (Å²) in [5, 5.41) is 0. The van der Waals surface area contributed by atoms with Gasteiger partial charge < -0.3 is 9.64 Å². The number of ether oxygens (including phenoxy) is 1. The first-order valence-electron chi connectivity index (χ1n) is 8.95. The van der Waals surface area contributed by atoms with Crippen LogP contribution in [0.25, 0.3) is 0 Å². The molecule has 0 bridgehead atoms. The predicted octanol–water partition coefficient (Wildman–Crippen LogP) is 5.33. The van der Waals surface area contributed by atoms with E-state index in [1.807, 2.05) is 23.9 Å². The predicted molar refractivity (Wildman–Crippen MR) is 111 cm³/mol. The number of rotatable bonds is 9. The van der Waals surface area contributed by atoms with Crippen molar-refractivity contribution in [2.75, 3.05) is 31.1 Å². The molecule has 0 N–H and O–H groups in total. The number of hydrogen-bond donors (Lipinski definition) is 0. The molecule has 0 radical (unpaired) electrons. The summed E-state index contributed by atoms with van der Waals surface area (Å²) in [6.07, 6.45) is 3.79. The first-order chi connectivity index (χ1) is 12.7. The average molecular weight is 367 g/mol. The third-order valence-corrected chi connectivity index (χ3v) is 5.50. The van der Waals surface area contributed by atoms with Crippen LogP contribution in [0.3, 0.4) is 0 Å². The molecule has 0 aliphatic carbocycles. The second kappa shape index (κ2) is 9.08. The molecule has 1 atom stereocenters. The van der Waals surface area contributed by atoms with Gasteiger partial charge in [-0.3, -0.25) is 4.90 Å². The third-order valence-electron chi connectivity index (χ3n) is 4.37. The van der Waals surface area contributed by atoms with E-state index in [0.29, 0.717) is 6.61 Å². The Labute approximate surface area is 161 Å². The van der Waals surface area contributed by atoms with Gasteiger partial charge in [0.25, 0.3) is 0 Å². The molecule has 0 amide bonds. The van der Waals surface area contributed by atoms with Gasteiger partial charge in [-0.25, -0.2) is 0 Å². The number of anilines is 2. The molecule has 1 heterocycles. The highest BCUT2D eigenvalue weighted by molar-refractivity contribution is 7.99. The van der Waals surface area contributed by atoms with Gasteiger partial charge in [0, 0.05) is 29.4 Å². The molecular formula is C22H26N2OS. The smallest absolute Gasteiger partial charge is 0.131 e. The number of benzene rings is 2. The van der Waals surface area contributed by atoms with Gasteiger partial charge in [0.1, 0.15) is 6.23 Å². The molecule has 0 saturated heterocycles. The van der Waals surface area contributed by atoms with Crippen LogP contribution in [0, 0.1) is 0 Å². The highest BCUT2D eigenvalue weighted by Gasteiger charge is 2.26. The molecule has 0 saturated carbocycles. The van der Waals surface area contributed by atoms with Crippen LogP contribution in [0.15, 0.2) is 83.6 Å². The topological polar surface area (TPSA) is 15.7 Å². The Morgan fingerprint density at radius 2 is 1.54 bits per heavy atom. The van der Waals surface area contributed by atoms with Gasteiger partial charge in [-0.05, 0) is 31.2 Å². The summed E-state index contributed by atoms with van der Waals surface area (Å²) < 4.78 is 6.22. The molecule has 1 aliphatic heterocycles. The van der Waals surface area contributed by atoms with Crippen molar-refractivity contribution in [3.63, 3.8) is 0 Å². The van der Waals surface area contributed by atoms with Crippen molar-refractivity contribution in [1.29, 1.82) is 0 Å². The lowest BCUT2D eigenvalue weighted by molar-refractivity contribution is 0.0555. The zero-order chi connectivity index (χ0) is 18.4. The Morgan fingerprint density at radius 3 is 2.08 bits per heavy atom. The fourth-order valence-electron chi connectivity index (χ4n) is 3.17. The first kappa shape index (κ1) is 18.8. The molecule has 4 heteroatoms. The van der Waals surface area contributed by atoms with Crippen molar-refractivity contribution in [3.8, 4) is 0 Å². The minimum absolute atomic E-state index is 0.0486. The molecule has 3 rings (SSSR count). The van der Waals surface area contributed by atoms with Crippen molar-refractivity contribution < 1.29 is 4.74 Å². The molecule has 0 aromatic heterocycles. The Balaban J connectivity index is 1.73. The van der Waals surface area contributed by atoms with Gasteiger partial charge in [0.2, 0.25) is 0 Å².